The smallest absolute Gasteiger partial charge is 0.0409 e. The van der Waals surface area contributed by atoms with Crippen molar-refractivity contribution < 1.29 is 0 Å². The molecule has 1 nitrogen and oxygen atoms in total. The zero-order chi connectivity index (χ0) is 13.1. The van der Waals surface area contributed by atoms with Crippen LogP contribution >= 0.6 is 11.6 Å². The van der Waals surface area contributed by atoms with Gasteiger partial charge in [-0.05, 0) is 55.3 Å². The molecule has 0 aliphatic heterocycles. The minimum atomic E-state index is 0.443. The van der Waals surface area contributed by atoms with Crippen LogP contribution in [-0.4, -0.2) is 7.05 Å². The normalized spacial score (nSPS) is 30.1. The van der Waals surface area contributed by atoms with Crippen molar-refractivity contribution in [3.05, 3.63) is 34.9 Å². The van der Waals surface area contributed by atoms with Gasteiger partial charge >= 0.3 is 0 Å². The molecular weight excluding hydrogens is 242 g/mol. The van der Waals surface area contributed by atoms with Crippen molar-refractivity contribution in [2.45, 2.75) is 39.2 Å². The minimum absolute atomic E-state index is 0.443. The molecule has 1 N–H and O–H groups in total. The molecule has 100 valence electrons. The SMILES string of the molecule is CNC(c1cccc(Cl)c1)C1CCC(C)C(C)C1. The van der Waals surface area contributed by atoms with E-state index < -0.39 is 0 Å². The Bertz CT molecular complexity index is 390. The van der Waals surface area contributed by atoms with Gasteiger partial charge in [-0.1, -0.05) is 44.0 Å². The molecule has 1 saturated carbocycles. The second-order valence-corrected chi connectivity index (χ2v) is 6.29. The number of hydrogen-bond acceptors (Lipinski definition) is 1. The molecule has 1 aliphatic rings. The van der Waals surface area contributed by atoms with Crippen LogP contribution in [0.3, 0.4) is 0 Å². The fraction of sp³-hybridized carbons (Fsp3) is 0.625. The highest BCUT2D eigenvalue weighted by atomic mass is 35.5. The third kappa shape index (κ3) is 3.07. The third-order valence-electron chi connectivity index (χ3n) is 4.63. The molecule has 2 rings (SSSR count). The van der Waals surface area contributed by atoms with Gasteiger partial charge in [-0.3, -0.25) is 0 Å². The van der Waals surface area contributed by atoms with E-state index >= 15 is 0 Å². The van der Waals surface area contributed by atoms with Crippen molar-refractivity contribution in [3.8, 4) is 0 Å². The summed E-state index contributed by atoms with van der Waals surface area (Å²) < 4.78 is 0. The largest absolute Gasteiger partial charge is 0.313 e. The monoisotopic (exact) mass is 265 g/mol. The fourth-order valence-electron chi connectivity index (χ4n) is 3.27. The van der Waals surface area contributed by atoms with Crippen molar-refractivity contribution in [1.82, 2.24) is 5.32 Å². The maximum atomic E-state index is 6.11. The van der Waals surface area contributed by atoms with E-state index in [4.69, 9.17) is 11.6 Å². The van der Waals surface area contributed by atoms with Crippen LogP contribution < -0.4 is 5.32 Å². The molecule has 0 saturated heterocycles. The van der Waals surface area contributed by atoms with Gasteiger partial charge < -0.3 is 5.32 Å². The lowest BCUT2D eigenvalue weighted by molar-refractivity contribution is 0.175. The third-order valence-corrected chi connectivity index (χ3v) is 4.86. The predicted octanol–water partition coefficient (Wildman–Crippen LogP) is 4.67. The maximum Gasteiger partial charge on any atom is 0.0409 e. The molecule has 0 radical (unpaired) electrons. The van der Waals surface area contributed by atoms with Crippen molar-refractivity contribution in [2.24, 2.45) is 17.8 Å². The van der Waals surface area contributed by atoms with Gasteiger partial charge in [0.25, 0.3) is 0 Å². The minimum Gasteiger partial charge on any atom is -0.313 e. The van der Waals surface area contributed by atoms with Crippen LogP contribution in [-0.2, 0) is 0 Å². The number of benzene rings is 1. The summed E-state index contributed by atoms with van der Waals surface area (Å²) in [4.78, 5) is 0. The molecule has 18 heavy (non-hydrogen) atoms. The molecule has 0 amide bonds. The highest BCUT2D eigenvalue weighted by Gasteiger charge is 2.30. The van der Waals surface area contributed by atoms with Crippen molar-refractivity contribution in [2.75, 3.05) is 7.05 Å². The van der Waals surface area contributed by atoms with Gasteiger partial charge in [0.05, 0.1) is 0 Å². The molecule has 0 heterocycles. The van der Waals surface area contributed by atoms with E-state index in [1.54, 1.807) is 0 Å². The molecule has 2 heteroatoms. The zero-order valence-corrected chi connectivity index (χ0v) is 12.4. The summed E-state index contributed by atoms with van der Waals surface area (Å²) in [5.41, 5.74) is 1.33. The average Bonchev–Trinajstić information content (AvgIpc) is 2.35. The van der Waals surface area contributed by atoms with E-state index in [1.807, 2.05) is 6.07 Å². The predicted molar refractivity (Wildman–Crippen MR) is 78.9 cm³/mol. The fourth-order valence-corrected chi connectivity index (χ4v) is 3.47. The topological polar surface area (TPSA) is 12.0 Å². The van der Waals surface area contributed by atoms with Gasteiger partial charge in [0.15, 0.2) is 0 Å². The van der Waals surface area contributed by atoms with Crippen LogP contribution in [0.25, 0.3) is 0 Å². The molecule has 1 aromatic carbocycles. The molecule has 0 bridgehead atoms. The number of halogens is 1. The second-order valence-electron chi connectivity index (χ2n) is 5.85. The van der Waals surface area contributed by atoms with Gasteiger partial charge in [0, 0.05) is 11.1 Å². The molecule has 4 atom stereocenters. The van der Waals surface area contributed by atoms with E-state index in [2.05, 4.69) is 44.4 Å². The average molecular weight is 266 g/mol. The highest BCUT2D eigenvalue weighted by molar-refractivity contribution is 6.30. The first kappa shape index (κ1) is 13.9. The molecule has 4 unspecified atom stereocenters. The number of rotatable bonds is 3. The quantitative estimate of drug-likeness (QED) is 0.837. The number of hydrogen-bond donors (Lipinski definition) is 1. The summed E-state index contributed by atoms with van der Waals surface area (Å²) in [7, 11) is 2.06. The van der Waals surface area contributed by atoms with Crippen molar-refractivity contribution >= 4 is 11.6 Å². The van der Waals surface area contributed by atoms with E-state index in [-0.39, 0.29) is 0 Å². The molecule has 0 spiro atoms. The first-order valence-electron chi connectivity index (χ1n) is 7.04. The Morgan fingerprint density at radius 2 is 2.00 bits per heavy atom. The Labute approximate surface area is 116 Å². The highest BCUT2D eigenvalue weighted by Crippen LogP contribution is 2.39. The summed E-state index contributed by atoms with van der Waals surface area (Å²) in [5, 5.41) is 4.33. The van der Waals surface area contributed by atoms with E-state index in [0.29, 0.717) is 6.04 Å². The zero-order valence-electron chi connectivity index (χ0n) is 11.6. The van der Waals surface area contributed by atoms with E-state index in [0.717, 1.165) is 22.8 Å². The molecule has 1 aromatic rings. The Morgan fingerprint density at radius 1 is 1.22 bits per heavy atom. The van der Waals surface area contributed by atoms with Gasteiger partial charge in [0.2, 0.25) is 0 Å². The Balaban J connectivity index is 2.14. The summed E-state index contributed by atoms with van der Waals surface area (Å²) >= 11 is 6.11. The Kier molecular flexibility index (Phi) is 4.69. The van der Waals surface area contributed by atoms with Crippen LogP contribution in [0.2, 0.25) is 5.02 Å². The summed E-state index contributed by atoms with van der Waals surface area (Å²) in [6.07, 6.45) is 3.99. The van der Waals surface area contributed by atoms with E-state index in [1.165, 1.54) is 24.8 Å². The lowest BCUT2D eigenvalue weighted by atomic mass is 9.72. The molecule has 1 aliphatic carbocycles. The Hall–Kier alpha value is -0.530. The van der Waals surface area contributed by atoms with Crippen LogP contribution in [0.4, 0.5) is 0 Å². The Morgan fingerprint density at radius 3 is 2.61 bits per heavy atom. The van der Waals surface area contributed by atoms with Crippen LogP contribution in [0.15, 0.2) is 24.3 Å². The summed E-state index contributed by atoms with van der Waals surface area (Å²) in [6.45, 7) is 4.77. The first-order valence-corrected chi connectivity index (χ1v) is 7.42. The molecular formula is C16H24ClN. The summed E-state index contributed by atoms with van der Waals surface area (Å²) in [5.74, 6) is 2.44. The second kappa shape index (κ2) is 6.08. The lowest BCUT2D eigenvalue weighted by Crippen LogP contribution is -2.31. The van der Waals surface area contributed by atoms with Gasteiger partial charge in [-0.15, -0.1) is 0 Å². The van der Waals surface area contributed by atoms with Crippen molar-refractivity contribution in [3.63, 3.8) is 0 Å². The number of nitrogens with one attached hydrogen (secondary N) is 1. The van der Waals surface area contributed by atoms with Crippen LogP contribution in [0.1, 0.15) is 44.7 Å². The van der Waals surface area contributed by atoms with Crippen molar-refractivity contribution in [1.29, 1.82) is 0 Å². The van der Waals surface area contributed by atoms with E-state index in [9.17, 15) is 0 Å². The van der Waals surface area contributed by atoms with Crippen LogP contribution in [0, 0.1) is 17.8 Å². The summed E-state index contributed by atoms with van der Waals surface area (Å²) in [6, 6.07) is 8.74. The van der Waals surface area contributed by atoms with Gasteiger partial charge in [-0.25, -0.2) is 0 Å². The maximum absolute atomic E-state index is 6.11. The van der Waals surface area contributed by atoms with Gasteiger partial charge in [0.1, 0.15) is 0 Å². The standard InChI is InChI=1S/C16H24ClN/c1-11-7-8-14(9-12(11)2)16(18-3)13-5-4-6-15(17)10-13/h4-6,10-12,14,16,18H,7-9H2,1-3H3. The molecule has 1 fully saturated rings. The van der Waals surface area contributed by atoms with Gasteiger partial charge in [-0.2, -0.15) is 0 Å². The van der Waals surface area contributed by atoms with Crippen LogP contribution in [0.5, 0.6) is 0 Å². The molecule has 0 aromatic heterocycles. The lowest BCUT2D eigenvalue weighted by Gasteiger charge is -2.37. The first-order chi connectivity index (χ1) is 8.61.